The summed E-state index contributed by atoms with van der Waals surface area (Å²) in [6.07, 6.45) is 1.27. The first kappa shape index (κ1) is 10.3. The monoisotopic (exact) mass is 191 g/mol. The lowest BCUT2D eigenvalue weighted by molar-refractivity contribution is 0.104. The Hall–Kier alpha value is -1.77. The summed E-state index contributed by atoms with van der Waals surface area (Å²) in [5.41, 5.74) is 7.08. The third-order valence-corrected chi connectivity index (χ3v) is 1.85. The SMILES string of the molecule is CO/C(N)=C/C(=O)c1ccc(C)cc1. The minimum atomic E-state index is -0.149. The van der Waals surface area contributed by atoms with Gasteiger partial charge in [-0.15, -0.1) is 0 Å². The van der Waals surface area contributed by atoms with E-state index in [1.54, 1.807) is 12.1 Å². The van der Waals surface area contributed by atoms with E-state index in [-0.39, 0.29) is 11.7 Å². The van der Waals surface area contributed by atoms with E-state index in [1.807, 2.05) is 19.1 Å². The number of carbonyl (C=O) groups is 1. The molecule has 3 nitrogen and oxygen atoms in total. The number of carbonyl (C=O) groups excluding carboxylic acids is 1. The Bertz CT molecular complexity index is 352. The Kier molecular flexibility index (Phi) is 3.29. The van der Waals surface area contributed by atoms with Crippen molar-refractivity contribution in [3.8, 4) is 0 Å². The highest BCUT2D eigenvalue weighted by molar-refractivity contribution is 6.04. The van der Waals surface area contributed by atoms with E-state index in [0.29, 0.717) is 5.56 Å². The van der Waals surface area contributed by atoms with Crippen molar-refractivity contribution < 1.29 is 9.53 Å². The van der Waals surface area contributed by atoms with Gasteiger partial charge in [0.1, 0.15) is 0 Å². The second kappa shape index (κ2) is 4.46. The predicted molar refractivity (Wildman–Crippen MR) is 54.8 cm³/mol. The van der Waals surface area contributed by atoms with Crippen LogP contribution < -0.4 is 5.73 Å². The van der Waals surface area contributed by atoms with Gasteiger partial charge in [0.05, 0.1) is 7.11 Å². The highest BCUT2D eigenvalue weighted by Crippen LogP contribution is 2.05. The number of hydrogen-bond donors (Lipinski definition) is 1. The molecule has 14 heavy (non-hydrogen) atoms. The summed E-state index contributed by atoms with van der Waals surface area (Å²) >= 11 is 0. The summed E-state index contributed by atoms with van der Waals surface area (Å²) in [5.74, 6) is -0.0278. The number of ketones is 1. The molecule has 1 aromatic carbocycles. The number of methoxy groups -OCH3 is 1. The van der Waals surface area contributed by atoms with Crippen LogP contribution in [-0.2, 0) is 4.74 Å². The molecule has 0 fully saturated rings. The lowest BCUT2D eigenvalue weighted by atomic mass is 10.1. The topological polar surface area (TPSA) is 52.3 Å². The molecule has 0 radical (unpaired) electrons. The number of rotatable bonds is 3. The highest BCUT2D eigenvalue weighted by Gasteiger charge is 2.02. The molecule has 0 saturated heterocycles. The molecule has 0 aliphatic carbocycles. The van der Waals surface area contributed by atoms with Gasteiger partial charge in [-0.25, -0.2) is 0 Å². The van der Waals surface area contributed by atoms with Crippen LogP contribution in [0.5, 0.6) is 0 Å². The van der Waals surface area contributed by atoms with Crippen LogP contribution in [0.15, 0.2) is 36.2 Å². The Balaban J connectivity index is 2.85. The molecular formula is C11H13NO2. The molecule has 0 unspecified atom stereocenters. The van der Waals surface area contributed by atoms with E-state index in [2.05, 4.69) is 4.74 Å². The van der Waals surface area contributed by atoms with Gasteiger partial charge in [-0.3, -0.25) is 4.79 Å². The Morgan fingerprint density at radius 1 is 1.36 bits per heavy atom. The van der Waals surface area contributed by atoms with Crippen molar-refractivity contribution in [1.82, 2.24) is 0 Å². The van der Waals surface area contributed by atoms with Crippen LogP contribution in [0.1, 0.15) is 15.9 Å². The lowest BCUT2D eigenvalue weighted by Gasteiger charge is -1.99. The first-order valence-corrected chi connectivity index (χ1v) is 4.25. The van der Waals surface area contributed by atoms with Crippen molar-refractivity contribution in [3.63, 3.8) is 0 Å². The van der Waals surface area contributed by atoms with Gasteiger partial charge < -0.3 is 10.5 Å². The number of benzene rings is 1. The van der Waals surface area contributed by atoms with Crippen molar-refractivity contribution in [2.45, 2.75) is 6.92 Å². The molecule has 1 aromatic rings. The molecule has 0 saturated carbocycles. The maximum Gasteiger partial charge on any atom is 0.191 e. The Morgan fingerprint density at radius 2 is 1.93 bits per heavy atom. The molecule has 2 N–H and O–H groups in total. The fraction of sp³-hybridized carbons (Fsp3) is 0.182. The molecule has 0 heterocycles. The maximum absolute atomic E-state index is 11.5. The van der Waals surface area contributed by atoms with Gasteiger partial charge in [0.2, 0.25) is 0 Å². The van der Waals surface area contributed by atoms with Crippen LogP contribution in [0.2, 0.25) is 0 Å². The summed E-state index contributed by atoms with van der Waals surface area (Å²) in [6.45, 7) is 1.97. The third-order valence-electron chi connectivity index (χ3n) is 1.85. The van der Waals surface area contributed by atoms with E-state index in [1.165, 1.54) is 13.2 Å². The summed E-state index contributed by atoms with van der Waals surface area (Å²) in [6, 6.07) is 7.28. The fourth-order valence-corrected chi connectivity index (χ4v) is 0.989. The largest absolute Gasteiger partial charge is 0.483 e. The molecule has 0 amide bonds. The van der Waals surface area contributed by atoms with Crippen LogP contribution in [-0.4, -0.2) is 12.9 Å². The first-order valence-electron chi connectivity index (χ1n) is 4.25. The molecule has 0 aliphatic rings. The number of aryl methyl sites for hydroxylation is 1. The summed E-state index contributed by atoms with van der Waals surface area (Å²) < 4.78 is 4.68. The number of ether oxygens (including phenoxy) is 1. The van der Waals surface area contributed by atoms with Crippen LogP contribution in [0, 0.1) is 6.92 Å². The van der Waals surface area contributed by atoms with Gasteiger partial charge in [-0.1, -0.05) is 29.8 Å². The minimum absolute atomic E-state index is 0.121. The molecule has 3 heteroatoms. The van der Waals surface area contributed by atoms with E-state index in [0.717, 1.165) is 5.56 Å². The van der Waals surface area contributed by atoms with Crippen molar-refractivity contribution in [2.24, 2.45) is 5.73 Å². The zero-order valence-corrected chi connectivity index (χ0v) is 8.28. The second-order valence-corrected chi connectivity index (χ2v) is 2.98. The number of allylic oxidation sites excluding steroid dienone is 1. The minimum Gasteiger partial charge on any atom is -0.483 e. The third kappa shape index (κ3) is 2.62. The van der Waals surface area contributed by atoms with Crippen molar-refractivity contribution >= 4 is 5.78 Å². The van der Waals surface area contributed by atoms with Crippen molar-refractivity contribution in [2.75, 3.05) is 7.11 Å². The Labute approximate surface area is 83.2 Å². The second-order valence-electron chi connectivity index (χ2n) is 2.98. The molecule has 0 atom stereocenters. The summed E-state index contributed by atoms with van der Waals surface area (Å²) in [4.78, 5) is 11.5. The average molecular weight is 191 g/mol. The highest BCUT2D eigenvalue weighted by atomic mass is 16.5. The van der Waals surface area contributed by atoms with Gasteiger partial charge in [-0.05, 0) is 6.92 Å². The molecule has 0 spiro atoms. The van der Waals surface area contributed by atoms with E-state index in [9.17, 15) is 4.79 Å². The van der Waals surface area contributed by atoms with Gasteiger partial charge in [0.25, 0.3) is 0 Å². The maximum atomic E-state index is 11.5. The van der Waals surface area contributed by atoms with Crippen LogP contribution in [0.25, 0.3) is 0 Å². The lowest BCUT2D eigenvalue weighted by Crippen LogP contribution is -2.04. The average Bonchev–Trinajstić information content (AvgIpc) is 2.18. The first-order chi connectivity index (χ1) is 6.63. The van der Waals surface area contributed by atoms with E-state index >= 15 is 0 Å². The van der Waals surface area contributed by atoms with Crippen LogP contribution in [0.3, 0.4) is 0 Å². The van der Waals surface area contributed by atoms with E-state index in [4.69, 9.17) is 5.73 Å². The zero-order valence-electron chi connectivity index (χ0n) is 8.28. The van der Waals surface area contributed by atoms with Crippen LogP contribution in [0.4, 0.5) is 0 Å². The predicted octanol–water partition coefficient (Wildman–Crippen LogP) is 1.62. The normalized spacial score (nSPS) is 11.1. The molecule has 0 aliphatic heterocycles. The smallest absolute Gasteiger partial charge is 0.191 e. The summed E-state index contributed by atoms with van der Waals surface area (Å²) in [5, 5.41) is 0. The molecule has 1 rings (SSSR count). The van der Waals surface area contributed by atoms with Gasteiger partial charge in [0.15, 0.2) is 11.7 Å². The Morgan fingerprint density at radius 3 is 2.43 bits per heavy atom. The van der Waals surface area contributed by atoms with Gasteiger partial charge in [-0.2, -0.15) is 0 Å². The van der Waals surface area contributed by atoms with E-state index < -0.39 is 0 Å². The number of hydrogen-bond acceptors (Lipinski definition) is 3. The van der Waals surface area contributed by atoms with Crippen molar-refractivity contribution in [3.05, 3.63) is 47.4 Å². The van der Waals surface area contributed by atoms with Crippen LogP contribution >= 0.6 is 0 Å². The standard InChI is InChI=1S/C11H13NO2/c1-8-3-5-9(6-4-8)10(13)7-11(12)14-2/h3-7H,12H2,1-2H3/b11-7+. The fourth-order valence-electron chi connectivity index (χ4n) is 0.989. The molecule has 0 aromatic heterocycles. The van der Waals surface area contributed by atoms with Gasteiger partial charge in [0, 0.05) is 11.6 Å². The van der Waals surface area contributed by atoms with Gasteiger partial charge >= 0.3 is 0 Å². The molecule has 0 bridgehead atoms. The molecule has 74 valence electrons. The van der Waals surface area contributed by atoms with Crippen molar-refractivity contribution in [1.29, 1.82) is 0 Å². The summed E-state index contributed by atoms with van der Waals surface area (Å²) in [7, 11) is 1.42. The zero-order chi connectivity index (χ0) is 10.6. The number of nitrogens with two attached hydrogens (primary N) is 1. The quantitative estimate of drug-likeness (QED) is 0.448. The molecular weight excluding hydrogens is 178 g/mol.